The Morgan fingerprint density at radius 3 is 2.27 bits per heavy atom. The smallest absolute Gasteiger partial charge is 0.282 e. The minimum Gasteiger partial charge on any atom is -0.293 e. The van der Waals surface area contributed by atoms with Crippen LogP contribution < -0.4 is 0 Å². The average molecular weight is 360 g/mol. The number of carbonyl (C=O) groups excluding carboxylic acids is 1. The number of rotatable bonds is 2. The van der Waals surface area contributed by atoms with Gasteiger partial charge in [0.05, 0.1) is 10.6 Å². The van der Waals surface area contributed by atoms with Crippen LogP contribution in [0.2, 0.25) is 0 Å². The fraction of sp³-hybridized carbons (Fsp3) is 0.333. The molecule has 0 amide bonds. The number of halogens is 2. The second kappa shape index (κ2) is 5.80. The monoisotopic (exact) mass is 359 g/mol. The Bertz CT molecular complexity index is 778. The van der Waals surface area contributed by atoms with E-state index in [9.17, 15) is 13.2 Å². The molecule has 0 bridgehead atoms. The first kappa shape index (κ1) is 17.2. The fourth-order valence-electron chi connectivity index (χ4n) is 2.17. The Hall–Kier alpha value is -1.17. The maximum atomic E-state index is 12.4. The van der Waals surface area contributed by atoms with Crippen molar-refractivity contribution >= 4 is 44.7 Å². The molecule has 0 saturated heterocycles. The van der Waals surface area contributed by atoms with Crippen LogP contribution in [-0.4, -0.2) is 30.2 Å². The first-order valence-corrected chi connectivity index (χ1v) is 8.79. The number of benzene rings is 1. The van der Waals surface area contributed by atoms with Gasteiger partial charge in [-0.3, -0.25) is 4.79 Å². The fourth-order valence-corrected chi connectivity index (χ4v) is 3.85. The molecule has 118 valence electrons. The molecule has 0 heterocycles. The van der Waals surface area contributed by atoms with Crippen LogP contribution in [0.3, 0.4) is 0 Å². The molecule has 2 rings (SSSR count). The van der Waals surface area contributed by atoms with E-state index >= 15 is 0 Å². The van der Waals surface area contributed by atoms with Gasteiger partial charge in [0.1, 0.15) is 10.3 Å². The van der Waals surface area contributed by atoms with E-state index in [1.54, 1.807) is 19.1 Å². The molecule has 2 atom stereocenters. The number of nitrogens with zero attached hydrogens (tertiary/aromatic N) is 1. The summed E-state index contributed by atoms with van der Waals surface area (Å²) in [6, 6.07) is 6.33. The predicted molar refractivity (Wildman–Crippen MR) is 88.5 cm³/mol. The van der Waals surface area contributed by atoms with E-state index in [1.165, 1.54) is 25.1 Å². The zero-order valence-corrected chi connectivity index (χ0v) is 14.6. The standard InChI is InChI=1S/C15H15Cl2NO3S/c1-9-4-6-11(7-5-9)22(20,21)18-14-10(2)8-12(19)13(16)15(14,3)17/h4-8,13H,1-3H3/t13-,15-/m1/s1. The van der Waals surface area contributed by atoms with E-state index < -0.39 is 20.3 Å². The maximum absolute atomic E-state index is 12.4. The molecule has 7 heteroatoms. The Morgan fingerprint density at radius 1 is 1.18 bits per heavy atom. The predicted octanol–water partition coefficient (Wildman–Crippen LogP) is 3.26. The lowest BCUT2D eigenvalue weighted by molar-refractivity contribution is -0.114. The summed E-state index contributed by atoms with van der Waals surface area (Å²) in [5.41, 5.74) is 1.43. The van der Waals surface area contributed by atoms with Gasteiger partial charge in [-0.15, -0.1) is 23.2 Å². The molecular formula is C15H15Cl2NO3S. The van der Waals surface area contributed by atoms with E-state index in [0.717, 1.165) is 5.56 Å². The molecule has 0 spiro atoms. The Balaban J connectivity index is 2.57. The molecule has 0 radical (unpaired) electrons. The van der Waals surface area contributed by atoms with Crippen molar-refractivity contribution in [2.75, 3.05) is 0 Å². The van der Waals surface area contributed by atoms with Crippen molar-refractivity contribution in [1.29, 1.82) is 0 Å². The summed E-state index contributed by atoms with van der Waals surface area (Å²) in [7, 11) is -3.93. The number of carbonyl (C=O) groups is 1. The molecule has 1 aliphatic rings. The van der Waals surface area contributed by atoms with Gasteiger partial charge in [0.25, 0.3) is 10.0 Å². The maximum Gasteiger partial charge on any atom is 0.282 e. The third-order valence-electron chi connectivity index (χ3n) is 3.45. The van der Waals surface area contributed by atoms with Crippen molar-refractivity contribution in [1.82, 2.24) is 0 Å². The van der Waals surface area contributed by atoms with Gasteiger partial charge in [-0.1, -0.05) is 17.7 Å². The lowest BCUT2D eigenvalue weighted by atomic mass is 9.87. The number of sulfonamides is 1. The van der Waals surface area contributed by atoms with Crippen molar-refractivity contribution in [3.8, 4) is 0 Å². The normalized spacial score (nSPS) is 27.9. The molecule has 1 aliphatic carbocycles. The summed E-state index contributed by atoms with van der Waals surface area (Å²) >= 11 is 12.3. The third-order valence-corrected chi connectivity index (χ3v) is 5.90. The molecule has 22 heavy (non-hydrogen) atoms. The van der Waals surface area contributed by atoms with E-state index in [4.69, 9.17) is 23.2 Å². The number of ketones is 1. The highest BCUT2D eigenvalue weighted by Crippen LogP contribution is 2.35. The second-order valence-corrected chi connectivity index (χ2v) is 8.22. The van der Waals surface area contributed by atoms with Crippen LogP contribution in [0.25, 0.3) is 0 Å². The van der Waals surface area contributed by atoms with Gasteiger partial charge in [-0.05, 0) is 44.6 Å². The Kier molecular flexibility index (Phi) is 4.53. The summed E-state index contributed by atoms with van der Waals surface area (Å²) in [5, 5.41) is -1.06. The van der Waals surface area contributed by atoms with Crippen LogP contribution in [0, 0.1) is 6.92 Å². The number of hydrogen-bond acceptors (Lipinski definition) is 3. The van der Waals surface area contributed by atoms with Gasteiger partial charge < -0.3 is 0 Å². The Morgan fingerprint density at radius 2 is 1.73 bits per heavy atom. The number of alkyl halides is 2. The van der Waals surface area contributed by atoms with Gasteiger partial charge in [0.15, 0.2) is 5.78 Å². The summed E-state index contributed by atoms with van der Waals surface area (Å²) in [4.78, 5) is 10.4. The van der Waals surface area contributed by atoms with Gasteiger partial charge >= 0.3 is 0 Å². The highest BCUT2D eigenvalue weighted by atomic mass is 35.5. The molecule has 0 fully saturated rings. The molecule has 0 aromatic heterocycles. The van der Waals surface area contributed by atoms with Gasteiger partial charge in [0, 0.05) is 0 Å². The number of allylic oxidation sites excluding steroid dienone is 2. The van der Waals surface area contributed by atoms with Crippen LogP contribution in [-0.2, 0) is 14.8 Å². The van der Waals surface area contributed by atoms with E-state index in [0.29, 0.717) is 5.57 Å². The van der Waals surface area contributed by atoms with Crippen molar-refractivity contribution in [2.45, 2.75) is 35.9 Å². The molecule has 0 N–H and O–H groups in total. The summed E-state index contributed by atoms with van der Waals surface area (Å²) in [6.07, 6.45) is 1.27. The average Bonchev–Trinajstić information content (AvgIpc) is 2.42. The SMILES string of the molecule is CC1=CC(=O)[C@@H](Cl)[C@@](C)(Cl)C1=NS(=O)(=O)c1ccc(C)cc1. The van der Waals surface area contributed by atoms with Crippen molar-refractivity contribution in [3.63, 3.8) is 0 Å². The summed E-state index contributed by atoms with van der Waals surface area (Å²) < 4.78 is 28.7. The first-order chi connectivity index (χ1) is 10.1. The highest BCUT2D eigenvalue weighted by molar-refractivity contribution is 7.90. The topological polar surface area (TPSA) is 63.6 Å². The highest BCUT2D eigenvalue weighted by Gasteiger charge is 2.44. The van der Waals surface area contributed by atoms with Gasteiger partial charge in [-0.25, -0.2) is 0 Å². The Labute approximate surface area is 139 Å². The lowest BCUT2D eigenvalue weighted by Gasteiger charge is -2.31. The molecule has 1 aromatic rings. The van der Waals surface area contributed by atoms with E-state index in [-0.39, 0.29) is 16.4 Å². The molecular weight excluding hydrogens is 345 g/mol. The van der Waals surface area contributed by atoms with Crippen molar-refractivity contribution in [3.05, 3.63) is 41.5 Å². The van der Waals surface area contributed by atoms with Crippen LogP contribution in [0.1, 0.15) is 19.4 Å². The summed E-state index contributed by atoms with van der Waals surface area (Å²) in [6.45, 7) is 4.94. The van der Waals surface area contributed by atoms with E-state index in [2.05, 4.69) is 4.40 Å². The molecule has 1 aromatic carbocycles. The van der Waals surface area contributed by atoms with Crippen LogP contribution in [0.15, 0.2) is 45.2 Å². The summed E-state index contributed by atoms with van der Waals surface area (Å²) in [5.74, 6) is -0.358. The van der Waals surface area contributed by atoms with Gasteiger partial charge in [-0.2, -0.15) is 12.8 Å². The van der Waals surface area contributed by atoms with Crippen LogP contribution >= 0.6 is 23.2 Å². The van der Waals surface area contributed by atoms with E-state index in [1.807, 2.05) is 6.92 Å². The largest absolute Gasteiger partial charge is 0.293 e. The van der Waals surface area contributed by atoms with Crippen molar-refractivity contribution < 1.29 is 13.2 Å². The number of aryl methyl sites for hydroxylation is 1. The van der Waals surface area contributed by atoms with Gasteiger partial charge in [0.2, 0.25) is 0 Å². The van der Waals surface area contributed by atoms with Crippen molar-refractivity contribution in [2.24, 2.45) is 4.40 Å². The zero-order chi connectivity index (χ0) is 16.7. The molecule has 0 unspecified atom stereocenters. The molecule has 0 saturated carbocycles. The zero-order valence-electron chi connectivity index (χ0n) is 12.3. The quantitative estimate of drug-likeness (QED) is 0.761. The molecule has 4 nitrogen and oxygen atoms in total. The van der Waals surface area contributed by atoms with Crippen LogP contribution in [0.5, 0.6) is 0 Å². The third kappa shape index (κ3) is 3.12. The minimum atomic E-state index is -3.93. The first-order valence-electron chi connectivity index (χ1n) is 6.53. The minimum absolute atomic E-state index is 0.0638. The molecule has 0 aliphatic heterocycles. The van der Waals surface area contributed by atoms with Crippen LogP contribution in [0.4, 0.5) is 0 Å². The lowest BCUT2D eigenvalue weighted by Crippen LogP contribution is -2.46. The number of hydrogen-bond donors (Lipinski definition) is 0. The second-order valence-electron chi connectivity index (χ2n) is 5.40.